The fourth-order valence-corrected chi connectivity index (χ4v) is 13.2. The van der Waals surface area contributed by atoms with Crippen molar-refractivity contribution < 1.29 is 32.9 Å². The molecule has 2 aromatic heterocycles. The summed E-state index contributed by atoms with van der Waals surface area (Å²) in [5.74, 6) is 3.87. The van der Waals surface area contributed by atoms with E-state index in [1.165, 1.54) is 0 Å². The number of nitriles is 1. The maximum atomic E-state index is 13.6. The molecule has 0 spiro atoms. The number of aromatic nitrogens is 4. The van der Waals surface area contributed by atoms with Gasteiger partial charge < -0.3 is 49.8 Å². The van der Waals surface area contributed by atoms with Crippen LogP contribution in [0.5, 0.6) is 11.5 Å². The van der Waals surface area contributed by atoms with Gasteiger partial charge in [-0.25, -0.2) is 15.0 Å². The molecule has 5 heterocycles. The molecule has 0 radical (unpaired) electrons. The first-order chi connectivity index (χ1) is 38.2. The lowest BCUT2D eigenvalue weighted by atomic mass is 9.49. The van der Waals surface area contributed by atoms with Crippen LogP contribution in [0.2, 0.25) is 0 Å². The number of likely N-dealkylation sites (N-methyl/N-ethyl adjacent to an activating group) is 1. The third kappa shape index (κ3) is 12.4. The van der Waals surface area contributed by atoms with Crippen molar-refractivity contribution in [3.63, 3.8) is 0 Å². The van der Waals surface area contributed by atoms with Crippen LogP contribution in [0.15, 0.2) is 55.0 Å². The van der Waals surface area contributed by atoms with Crippen LogP contribution >= 0.6 is 0 Å². The Balaban J connectivity index is 0.00000214. The highest BCUT2D eigenvalue weighted by atomic mass is 16.5. The Morgan fingerprint density at radius 2 is 1.53 bits per heavy atom. The quantitative estimate of drug-likeness (QED) is 0.0748. The number of anilines is 5. The topological polar surface area (TPSA) is 203 Å². The molecule has 3 N–H and O–H groups in total. The van der Waals surface area contributed by atoms with E-state index >= 15 is 0 Å². The Morgan fingerprint density at radius 3 is 2.19 bits per heavy atom. The van der Waals surface area contributed by atoms with E-state index in [0.717, 1.165) is 133 Å². The standard InChI is InChI=1S/C59H78N12O6.C2H6.3H2/c1-8-47-53(74)68(6)48-36-61-56(66-50(48)71(47)43-11-9-10-12-43)65-46-18-16-39(31-49(46)75-7)51(72)64-42-21-24-69(25-22-42)28-30-76-29-23-37-19-26-70(27-20-37)57-62-34-41(35-63-57)52(73)67-54-58(2,3)55(59(54,4)5)77-44-17-15-40(33-60)45(32-44)38-13-14-38;1-2;;;/h15-18,31-32,34-38,42-43,47,54-55H,8-14,19-30H2,1-7H3,(H,64,72)(H,67,73)(H,61,65,66);1-2H3;3*1H/t47-,54?,55?;;;;/m1..../s1. The summed E-state index contributed by atoms with van der Waals surface area (Å²) < 4.78 is 18.5. The van der Waals surface area contributed by atoms with Crippen molar-refractivity contribution in [2.75, 3.05) is 80.1 Å². The Kier molecular flexibility index (Phi) is 18.0. The van der Waals surface area contributed by atoms with E-state index in [2.05, 4.69) is 86.3 Å². The van der Waals surface area contributed by atoms with Gasteiger partial charge in [-0.15, -0.1) is 0 Å². The van der Waals surface area contributed by atoms with Gasteiger partial charge in [0, 0.05) is 97.6 Å². The van der Waals surface area contributed by atoms with Crippen molar-refractivity contribution in [2.45, 2.75) is 162 Å². The van der Waals surface area contributed by atoms with Crippen LogP contribution in [-0.4, -0.2) is 133 Å². The minimum Gasteiger partial charge on any atom is -0.495 e. The van der Waals surface area contributed by atoms with Gasteiger partial charge in [0.1, 0.15) is 29.3 Å². The molecule has 18 nitrogen and oxygen atoms in total. The second-order valence-corrected chi connectivity index (χ2v) is 23.5. The molecule has 6 aliphatic rings. The molecule has 2 saturated heterocycles. The number of nitrogens with zero attached hydrogens (tertiary/aromatic N) is 9. The van der Waals surface area contributed by atoms with Gasteiger partial charge in [-0.3, -0.25) is 14.4 Å². The highest BCUT2D eigenvalue weighted by molar-refractivity contribution is 6.04. The normalized spacial score (nSPS) is 22.2. The number of benzene rings is 2. The number of carbonyl (C=O) groups excluding carboxylic acids is 3. The number of amides is 3. The van der Waals surface area contributed by atoms with E-state index in [4.69, 9.17) is 19.2 Å². The van der Waals surface area contributed by atoms with Crippen molar-refractivity contribution in [3.8, 4) is 17.6 Å². The molecule has 0 bridgehead atoms. The smallest absolute Gasteiger partial charge is 0.254 e. The van der Waals surface area contributed by atoms with Crippen LogP contribution in [0.1, 0.15) is 168 Å². The summed E-state index contributed by atoms with van der Waals surface area (Å²) in [4.78, 5) is 67.7. The lowest BCUT2D eigenvalue weighted by molar-refractivity contribution is -0.164. The number of carbonyl (C=O) groups is 3. The van der Waals surface area contributed by atoms with Crippen LogP contribution < -0.4 is 40.1 Å². The zero-order valence-corrected chi connectivity index (χ0v) is 48.1. The molecule has 1 atom stereocenters. The highest BCUT2D eigenvalue weighted by Crippen LogP contribution is 2.56. The number of methoxy groups -OCH3 is 1. The van der Waals surface area contributed by atoms with Crippen LogP contribution in [-0.2, 0) is 9.53 Å². The summed E-state index contributed by atoms with van der Waals surface area (Å²) in [7, 11) is 3.38. The fraction of sp³-hybridized carbons (Fsp3) is 0.607. The maximum Gasteiger partial charge on any atom is 0.254 e. The Hall–Kier alpha value is -6.58. The van der Waals surface area contributed by atoms with Gasteiger partial charge in [0.15, 0.2) is 5.82 Å². The molecule has 18 heteroatoms. The SMILES string of the molecule is CC.CC[C@@H]1C(=O)N(C)c2cnc(Nc3ccc(C(=O)NC4CCN(CCOCCC5CCN(c6ncc(C(=O)NC7C(C)(C)C(Oc8ccc(C#N)c(C9CC9)c8)C7(C)C)cn6)CC5)CC4)cc3OC)nc2N1C1CCCC1.[HH].[HH].[HH]. The Labute approximate surface area is 472 Å². The molecular weight excluding hydrogens is 997 g/mol. The zero-order valence-electron chi connectivity index (χ0n) is 48.1. The van der Waals surface area contributed by atoms with E-state index in [-0.39, 0.29) is 63.1 Å². The average Bonchev–Trinajstić information content (AvgIpc) is 2.98. The third-order valence-corrected chi connectivity index (χ3v) is 17.6. The van der Waals surface area contributed by atoms with Gasteiger partial charge in [0.2, 0.25) is 17.8 Å². The number of ether oxygens (including phenoxy) is 3. The number of hydrogen-bond donors (Lipinski definition) is 3. The lowest BCUT2D eigenvalue weighted by Crippen LogP contribution is -2.74. The summed E-state index contributed by atoms with van der Waals surface area (Å²) >= 11 is 0. The van der Waals surface area contributed by atoms with Crippen LogP contribution in [0.25, 0.3) is 0 Å². The number of rotatable bonds is 19. The van der Waals surface area contributed by atoms with Crippen molar-refractivity contribution >= 4 is 46.8 Å². The molecule has 2 aromatic carbocycles. The van der Waals surface area contributed by atoms with E-state index in [9.17, 15) is 19.6 Å². The largest absolute Gasteiger partial charge is 0.495 e. The molecule has 3 aliphatic heterocycles. The first-order valence-electron chi connectivity index (χ1n) is 29.2. The predicted octanol–water partition coefficient (Wildman–Crippen LogP) is 10.2. The van der Waals surface area contributed by atoms with Gasteiger partial charge in [-0.2, -0.15) is 10.2 Å². The van der Waals surface area contributed by atoms with E-state index in [1.54, 1.807) is 49.8 Å². The molecule has 4 aromatic rings. The fourth-order valence-electron chi connectivity index (χ4n) is 13.2. The Morgan fingerprint density at radius 1 is 0.835 bits per heavy atom. The predicted molar refractivity (Wildman–Crippen MR) is 314 cm³/mol. The number of piperidine rings is 2. The first kappa shape index (κ1) is 57.1. The molecule has 10 rings (SSSR count). The summed E-state index contributed by atoms with van der Waals surface area (Å²) in [6, 6.07) is 13.5. The van der Waals surface area contributed by atoms with Crippen molar-refractivity contribution in [2.24, 2.45) is 16.7 Å². The molecule has 3 amide bonds. The van der Waals surface area contributed by atoms with E-state index in [0.29, 0.717) is 65.0 Å². The number of fused-ring (bicyclic) bond motifs is 1. The molecule has 3 aliphatic carbocycles. The minimum atomic E-state index is -0.334. The average molecular weight is 1090 g/mol. The second-order valence-electron chi connectivity index (χ2n) is 23.5. The monoisotopic (exact) mass is 1090 g/mol. The molecule has 79 heavy (non-hydrogen) atoms. The summed E-state index contributed by atoms with van der Waals surface area (Å²) in [5, 5.41) is 19.4. The molecule has 430 valence electrons. The maximum absolute atomic E-state index is 13.6. The van der Waals surface area contributed by atoms with Gasteiger partial charge >= 0.3 is 0 Å². The number of likely N-dealkylation sites (tertiary alicyclic amines) is 1. The number of nitrogens with one attached hydrogen (secondary N) is 3. The first-order valence-corrected chi connectivity index (χ1v) is 29.2. The van der Waals surface area contributed by atoms with E-state index < -0.39 is 0 Å². The van der Waals surface area contributed by atoms with E-state index in [1.807, 2.05) is 38.1 Å². The van der Waals surface area contributed by atoms with Gasteiger partial charge in [-0.05, 0) is 118 Å². The lowest BCUT2D eigenvalue weighted by Gasteiger charge is -2.63. The summed E-state index contributed by atoms with van der Waals surface area (Å²) in [5.41, 5.74) is 3.44. The van der Waals surface area contributed by atoms with Gasteiger partial charge in [0.05, 0.1) is 42.8 Å². The zero-order chi connectivity index (χ0) is 56.0. The third-order valence-electron chi connectivity index (χ3n) is 17.6. The molecule has 0 unspecified atom stereocenters. The minimum absolute atomic E-state index is 0. The molecule has 5 fully saturated rings. The van der Waals surface area contributed by atoms with Crippen LogP contribution in [0.3, 0.4) is 0 Å². The van der Waals surface area contributed by atoms with Crippen LogP contribution in [0, 0.1) is 28.1 Å². The second kappa shape index (κ2) is 24.8. The molecular formula is C61H90N12O6. The number of hydrogen-bond acceptors (Lipinski definition) is 15. The Bertz CT molecular complexity index is 2810. The van der Waals surface area contributed by atoms with Gasteiger partial charge in [0.25, 0.3) is 11.8 Å². The van der Waals surface area contributed by atoms with Crippen molar-refractivity contribution in [1.29, 1.82) is 5.26 Å². The molecule has 3 saturated carbocycles. The highest BCUT2D eigenvalue weighted by Gasteiger charge is 2.64. The van der Waals surface area contributed by atoms with Crippen molar-refractivity contribution in [3.05, 3.63) is 77.2 Å². The summed E-state index contributed by atoms with van der Waals surface area (Å²) in [6.45, 7) is 20.4. The van der Waals surface area contributed by atoms with Gasteiger partial charge in [-0.1, -0.05) is 61.3 Å². The van der Waals surface area contributed by atoms with Crippen LogP contribution in [0.4, 0.5) is 29.1 Å². The summed E-state index contributed by atoms with van der Waals surface area (Å²) in [6.07, 6.45) is 17.0. The van der Waals surface area contributed by atoms with Crippen molar-refractivity contribution in [1.82, 2.24) is 35.5 Å².